The van der Waals surface area contributed by atoms with Crippen molar-refractivity contribution in [3.05, 3.63) is 41.1 Å². The van der Waals surface area contributed by atoms with Crippen LogP contribution < -0.4 is 10.0 Å². The summed E-state index contributed by atoms with van der Waals surface area (Å²) in [6.07, 6.45) is 2.49. The van der Waals surface area contributed by atoms with Crippen molar-refractivity contribution < 1.29 is 22.7 Å². The number of rotatable bonds is 5. The second-order valence-corrected chi connectivity index (χ2v) is 11.2. The number of alkyl halides is 1. The average Bonchev–Trinajstić information content (AvgIpc) is 3.17. The van der Waals surface area contributed by atoms with Gasteiger partial charge in [-0.1, -0.05) is 28.1 Å². The van der Waals surface area contributed by atoms with Crippen LogP contribution in [-0.2, 0) is 14.8 Å². The lowest BCUT2D eigenvalue weighted by Crippen LogP contribution is -2.59. The number of aliphatic hydroxyl groups excluding tert-OH is 1. The zero-order chi connectivity index (χ0) is 20.8. The molecule has 1 aliphatic carbocycles. The SMILES string of the molecule is O=C1NC2CCC(O)C(c3ccc(S(=O)(=O)NCCBr)c(F)c3)C2C2C=CSC12. The molecule has 10 heteroatoms. The number of carbonyl (C=O) groups is 1. The molecule has 1 aromatic rings. The lowest BCUT2D eigenvalue weighted by atomic mass is 9.63. The van der Waals surface area contributed by atoms with Gasteiger partial charge in [0.25, 0.3) is 0 Å². The van der Waals surface area contributed by atoms with Gasteiger partial charge in [0.05, 0.1) is 11.4 Å². The van der Waals surface area contributed by atoms with Gasteiger partial charge in [-0.15, -0.1) is 11.8 Å². The molecule has 4 rings (SSSR count). The second-order valence-electron chi connectivity index (χ2n) is 7.60. The number of aliphatic hydroxyl groups is 1. The molecule has 1 saturated carbocycles. The highest BCUT2D eigenvalue weighted by molar-refractivity contribution is 9.09. The van der Waals surface area contributed by atoms with Gasteiger partial charge in [0, 0.05) is 29.8 Å². The van der Waals surface area contributed by atoms with Crippen LogP contribution in [-0.4, -0.2) is 48.7 Å². The molecule has 2 aliphatic heterocycles. The maximum Gasteiger partial charge on any atom is 0.243 e. The van der Waals surface area contributed by atoms with Crippen molar-refractivity contribution >= 4 is 43.6 Å². The van der Waals surface area contributed by atoms with Gasteiger partial charge >= 0.3 is 0 Å². The van der Waals surface area contributed by atoms with Gasteiger partial charge in [-0.25, -0.2) is 17.5 Å². The molecule has 6 unspecified atom stereocenters. The van der Waals surface area contributed by atoms with E-state index in [0.717, 1.165) is 0 Å². The Labute approximate surface area is 181 Å². The van der Waals surface area contributed by atoms with Crippen molar-refractivity contribution in [2.45, 2.75) is 41.1 Å². The highest BCUT2D eigenvalue weighted by Gasteiger charge is 2.51. The first-order valence-electron chi connectivity index (χ1n) is 9.49. The van der Waals surface area contributed by atoms with Gasteiger partial charge in [-0.2, -0.15) is 0 Å². The number of sulfonamides is 1. The molecule has 3 aliphatic rings. The number of amides is 1. The lowest BCUT2D eigenvalue weighted by Gasteiger charge is -2.48. The third-order valence-corrected chi connectivity index (χ3v) is 9.02. The molecule has 2 fully saturated rings. The topological polar surface area (TPSA) is 95.5 Å². The van der Waals surface area contributed by atoms with E-state index in [1.807, 2.05) is 11.5 Å². The van der Waals surface area contributed by atoms with Crippen LogP contribution in [0.5, 0.6) is 0 Å². The van der Waals surface area contributed by atoms with Gasteiger partial charge in [-0.3, -0.25) is 4.79 Å². The van der Waals surface area contributed by atoms with E-state index in [1.54, 1.807) is 6.07 Å². The molecule has 0 radical (unpaired) electrons. The van der Waals surface area contributed by atoms with Crippen LogP contribution in [0.4, 0.5) is 4.39 Å². The van der Waals surface area contributed by atoms with Gasteiger partial charge in [0.15, 0.2) is 0 Å². The molecule has 2 heterocycles. The number of halogens is 2. The van der Waals surface area contributed by atoms with Gasteiger partial charge in [-0.05, 0) is 41.9 Å². The highest BCUT2D eigenvalue weighted by Crippen LogP contribution is 2.50. The van der Waals surface area contributed by atoms with E-state index in [4.69, 9.17) is 0 Å². The summed E-state index contributed by atoms with van der Waals surface area (Å²) in [7, 11) is -3.95. The number of nitrogens with one attached hydrogen (secondary N) is 2. The fourth-order valence-corrected chi connectivity index (χ4v) is 7.42. The first-order chi connectivity index (χ1) is 13.8. The van der Waals surface area contributed by atoms with Crippen molar-refractivity contribution in [2.75, 3.05) is 11.9 Å². The summed E-state index contributed by atoms with van der Waals surface area (Å²) in [6.45, 7) is 0.154. The summed E-state index contributed by atoms with van der Waals surface area (Å²) in [5.41, 5.74) is 0.560. The Morgan fingerprint density at radius 2 is 2.14 bits per heavy atom. The smallest absolute Gasteiger partial charge is 0.243 e. The number of carbonyl (C=O) groups excluding carboxylic acids is 1. The van der Waals surface area contributed by atoms with Crippen LogP contribution in [0.25, 0.3) is 0 Å². The predicted octanol–water partition coefficient (Wildman–Crippen LogP) is 2.10. The third kappa shape index (κ3) is 3.89. The molecule has 6 atom stereocenters. The average molecular weight is 505 g/mol. The van der Waals surface area contributed by atoms with E-state index in [1.165, 1.54) is 23.9 Å². The first kappa shape index (κ1) is 21.3. The fraction of sp³-hybridized carbons (Fsp3) is 0.526. The lowest BCUT2D eigenvalue weighted by molar-refractivity contribution is -0.126. The fourth-order valence-electron chi connectivity index (χ4n) is 4.79. The molecule has 0 spiro atoms. The van der Waals surface area contributed by atoms with Crippen molar-refractivity contribution in [2.24, 2.45) is 11.8 Å². The van der Waals surface area contributed by atoms with Gasteiger partial charge in [0.1, 0.15) is 10.7 Å². The Morgan fingerprint density at radius 1 is 1.34 bits per heavy atom. The normalized spacial score (nSPS) is 33.8. The van der Waals surface area contributed by atoms with Crippen LogP contribution in [0, 0.1) is 17.7 Å². The van der Waals surface area contributed by atoms with Crippen LogP contribution in [0.2, 0.25) is 0 Å². The number of benzene rings is 1. The summed E-state index contributed by atoms with van der Waals surface area (Å²) in [5.74, 6) is -1.32. The molecule has 0 bridgehead atoms. The van der Waals surface area contributed by atoms with E-state index >= 15 is 0 Å². The van der Waals surface area contributed by atoms with Crippen LogP contribution in [0.1, 0.15) is 24.3 Å². The Hall–Kier alpha value is -0.940. The van der Waals surface area contributed by atoms with Crippen LogP contribution in [0.3, 0.4) is 0 Å². The zero-order valence-corrected chi connectivity index (χ0v) is 18.6. The molecule has 6 nitrogen and oxygen atoms in total. The van der Waals surface area contributed by atoms with Crippen molar-refractivity contribution in [3.8, 4) is 0 Å². The largest absolute Gasteiger partial charge is 0.392 e. The first-order valence-corrected chi connectivity index (χ1v) is 13.0. The number of allylic oxidation sites excluding steroid dienone is 1. The molecule has 3 N–H and O–H groups in total. The minimum Gasteiger partial charge on any atom is -0.392 e. The van der Waals surface area contributed by atoms with E-state index in [9.17, 15) is 22.7 Å². The Bertz CT molecular complexity index is 942. The quantitative estimate of drug-likeness (QED) is 0.533. The molecule has 158 valence electrons. The van der Waals surface area contributed by atoms with Gasteiger partial charge < -0.3 is 10.4 Å². The minimum atomic E-state index is -3.95. The second kappa shape index (κ2) is 8.30. The molecule has 29 heavy (non-hydrogen) atoms. The van der Waals surface area contributed by atoms with Crippen molar-refractivity contribution in [1.29, 1.82) is 0 Å². The Morgan fingerprint density at radius 3 is 2.86 bits per heavy atom. The molecular weight excluding hydrogens is 483 g/mol. The van der Waals surface area contributed by atoms with E-state index < -0.39 is 26.8 Å². The molecule has 1 amide bonds. The van der Waals surface area contributed by atoms with E-state index in [-0.39, 0.29) is 41.5 Å². The third-order valence-electron chi connectivity index (χ3n) is 5.99. The summed E-state index contributed by atoms with van der Waals surface area (Å²) in [6, 6.07) is 3.97. The number of piperidine rings is 1. The molecule has 1 saturated heterocycles. The summed E-state index contributed by atoms with van der Waals surface area (Å²) in [4.78, 5) is 12.0. The summed E-state index contributed by atoms with van der Waals surface area (Å²) >= 11 is 4.60. The zero-order valence-electron chi connectivity index (χ0n) is 15.4. The van der Waals surface area contributed by atoms with Crippen LogP contribution >= 0.6 is 27.7 Å². The Kier molecular flexibility index (Phi) is 6.09. The van der Waals surface area contributed by atoms with Crippen molar-refractivity contribution in [1.82, 2.24) is 10.0 Å². The summed E-state index contributed by atoms with van der Waals surface area (Å²) < 4.78 is 41.7. The number of hydrogen-bond donors (Lipinski definition) is 3. The van der Waals surface area contributed by atoms with Crippen LogP contribution in [0.15, 0.2) is 34.6 Å². The van der Waals surface area contributed by atoms with Crippen molar-refractivity contribution in [3.63, 3.8) is 0 Å². The molecular formula is C19H22BrFN2O4S2. The van der Waals surface area contributed by atoms with E-state index in [2.05, 4.69) is 26.0 Å². The van der Waals surface area contributed by atoms with E-state index in [0.29, 0.717) is 23.7 Å². The highest BCUT2D eigenvalue weighted by atomic mass is 79.9. The number of hydrogen-bond acceptors (Lipinski definition) is 5. The number of thioether (sulfide) groups is 1. The maximum atomic E-state index is 14.8. The summed E-state index contributed by atoms with van der Waals surface area (Å²) in [5, 5.41) is 16.0. The minimum absolute atomic E-state index is 0.00637. The standard InChI is InChI=1S/C19H22BrFN2O4S2/c20-6-7-22-29(26,27)15-4-1-10(9-12(15)21)16-14(24)3-2-13-17(16)11-5-8-28-18(11)19(25)23-13/h1,4-5,8-9,11,13-14,16-18,22,24H,2-3,6-7H2,(H,23,25). The molecule has 0 aromatic heterocycles. The monoisotopic (exact) mass is 504 g/mol. The van der Waals surface area contributed by atoms with Gasteiger partial charge in [0.2, 0.25) is 15.9 Å². The maximum absolute atomic E-state index is 14.8. The Balaban J connectivity index is 1.68. The number of fused-ring (bicyclic) bond motifs is 3. The molecule has 1 aromatic carbocycles. The predicted molar refractivity (Wildman–Crippen MR) is 113 cm³/mol.